The predicted octanol–water partition coefficient (Wildman–Crippen LogP) is 2.62. The van der Waals surface area contributed by atoms with Gasteiger partial charge in [-0.1, -0.05) is 28.1 Å². The van der Waals surface area contributed by atoms with Crippen LogP contribution in [0, 0.1) is 0 Å². The molecule has 2 aromatic carbocycles. The zero-order valence-electron chi connectivity index (χ0n) is 10.4. The normalized spacial score (nSPS) is 10.7. The molecule has 0 saturated carbocycles. The lowest BCUT2D eigenvalue weighted by Gasteiger charge is -2.10. The standard InChI is InChI=1S/C14H11BrN4O/c15-9-5-7-10(8-6-9)17-14-18-12-4-2-1-3-11(12)13(20)19(14)16/h1-8H,16H2,(H,17,18). The third-order valence-corrected chi connectivity index (χ3v) is 3.44. The molecule has 20 heavy (non-hydrogen) atoms. The van der Waals surface area contributed by atoms with Crippen LogP contribution in [0.25, 0.3) is 10.9 Å². The molecule has 5 nitrogen and oxygen atoms in total. The summed E-state index contributed by atoms with van der Waals surface area (Å²) >= 11 is 3.37. The van der Waals surface area contributed by atoms with Crippen molar-refractivity contribution in [2.45, 2.75) is 0 Å². The van der Waals surface area contributed by atoms with Gasteiger partial charge in [-0.2, -0.15) is 4.68 Å². The van der Waals surface area contributed by atoms with Crippen molar-refractivity contribution in [2.24, 2.45) is 0 Å². The van der Waals surface area contributed by atoms with E-state index in [4.69, 9.17) is 5.84 Å². The van der Waals surface area contributed by atoms with E-state index in [1.807, 2.05) is 30.3 Å². The minimum atomic E-state index is -0.282. The molecule has 0 aliphatic rings. The fraction of sp³-hybridized carbons (Fsp3) is 0. The second-order valence-corrected chi connectivity index (χ2v) is 5.18. The molecule has 100 valence electrons. The van der Waals surface area contributed by atoms with Gasteiger partial charge in [0.15, 0.2) is 0 Å². The summed E-state index contributed by atoms with van der Waals surface area (Å²) in [6.45, 7) is 0. The summed E-state index contributed by atoms with van der Waals surface area (Å²) in [6, 6.07) is 14.6. The number of hydrogen-bond acceptors (Lipinski definition) is 4. The average molecular weight is 331 g/mol. The molecule has 3 aromatic rings. The number of rotatable bonds is 2. The second kappa shape index (κ2) is 4.97. The Kier molecular flexibility index (Phi) is 3.15. The van der Waals surface area contributed by atoms with Crippen LogP contribution in [0.5, 0.6) is 0 Å². The zero-order chi connectivity index (χ0) is 14.1. The summed E-state index contributed by atoms with van der Waals surface area (Å²) in [7, 11) is 0. The van der Waals surface area contributed by atoms with Crippen molar-refractivity contribution in [2.75, 3.05) is 11.2 Å². The van der Waals surface area contributed by atoms with E-state index in [0.717, 1.165) is 14.8 Å². The Labute approximate surface area is 123 Å². The molecule has 0 saturated heterocycles. The molecule has 0 radical (unpaired) electrons. The molecular formula is C14H11BrN4O. The number of hydrogen-bond donors (Lipinski definition) is 2. The van der Waals surface area contributed by atoms with Crippen molar-refractivity contribution in [3.05, 3.63) is 63.4 Å². The first-order valence-corrected chi connectivity index (χ1v) is 6.74. The van der Waals surface area contributed by atoms with Crippen LogP contribution < -0.4 is 16.7 Å². The maximum absolute atomic E-state index is 12.1. The lowest BCUT2D eigenvalue weighted by atomic mass is 10.2. The largest absolute Gasteiger partial charge is 0.333 e. The van der Waals surface area contributed by atoms with Gasteiger partial charge in [-0.15, -0.1) is 0 Å². The third-order valence-electron chi connectivity index (χ3n) is 2.91. The molecule has 0 unspecified atom stereocenters. The molecule has 0 spiro atoms. The number of nitrogens with two attached hydrogens (primary N) is 1. The quantitative estimate of drug-likeness (QED) is 0.708. The van der Waals surface area contributed by atoms with Gasteiger partial charge in [-0.25, -0.2) is 4.98 Å². The van der Waals surface area contributed by atoms with Crippen LogP contribution in [0.3, 0.4) is 0 Å². The molecule has 0 bridgehead atoms. The monoisotopic (exact) mass is 330 g/mol. The highest BCUT2D eigenvalue weighted by Crippen LogP contribution is 2.18. The summed E-state index contributed by atoms with van der Waals surface area (Å²) in [6.07, 6.45) is 0. The average Bonchev–Trinajstić information content (AvgIpc) is 2.47. The summed E-state index contributed by atoms with van der Waals surface area (Å²) in [5.41, 5.74) is 1.13. The van der Waals surface area contributed by atoms with Crippen LogP contribution in [0.2, 0.25) is 0 Å². The van der Waals surface area contributed by atoms with Gasteiger partial charge >= 0.3 is 0 Å². The van der Waals surface area contributed by atoms with Crippen LogP contribution in [-0.2, 0) is 0 Å². The van der Waals surface area contributed by atoms with Gasteiger partial charge in [0.05, 0.1) is 10.9 Å². The predicted molar refractivity (Wildman–Crippen MR) is 83.6 cm³/mol. The highest BCUT2D eigenvalue weighted by atomic mass is 79.9. The molecular weight excluding hydrogens is 320 g/mol. The van der Waals surface area contributed by atoms with Gasteiger partial charge in [0, 0.05) is 10.2 Å². The van der Waals surface area contributed by atoms with Crippen LogP contribution in [0.15, 0.2) is 57.8 Å². The smallest absolute Gasteiger partial charge is 0.281 e. The highest BCUT2D eigenvalue weighted by molar-refractivity contribution is 9.10. The minimum absolute atomic E-state index is 0.282. The number of aromatic nitrogens is 2. The SMILES string of the molecule is Nn1c(Nc2ccc(Br)cc2)nc2ccccc2c1=O. The van der Waals surface area contributed by atoms with Gasteiger partial charge in [-0.3, -0.25) is 4.79 Å². The number of para-hydroxylation sites is 1. The van der Waals surface area contributed by atoms with Crippen LogP contribution in [0.4, 0.5) is 11.6 Å². The first-order chi connectivity index (χ1) is 9.65. The van der Waals surface area contributed by atoms with Crippen LogP contribution >= 0.6 is 15.9 Å². The third kappa shape index (κ3) is 2.25. The van der Waals surface area contributed by atoms with Crippen molar-refractivity contribution < 1.29 is 0 Å². The van der Waals surface area contributed by atoms with E-state index in [9.17, 15) is 4.79 Å². The van der Waals surface area contributed by atoms with Crippen molar-refractivity contribution in [1.82, 2.24) is 9.66 Å². The maximum Gasteiger partial charge on any atom is 0.281 e. The fourth-order valence-electron chi connectivity index (χ4n) is 1.90. The molecule has 0 aliphatic heterocycles. The van der Waals surface area contributed by atoms with Crippen molar-refractivity contribution in [3.8, 4) is 0 Å². The number of nitrogen functional groups attached to an aromatic ring is 1. The topological polar surface area (TPSA) is 72.9 Å². The lowest BCUT2D eigenvalue weighted by Crippen LogP contribution is -2.30. The van der Waals surface area contributed by atoms with Gasteiger partial charge < -0.3 is 11.2 Å². The number of halogens is 1. The Bertz CT molecular complexity index is 827. The lowest BCUT2D eigenvalue weighted by molar-refractivity contribution is 0.926. The molecule has 0 fully saturated rings. The van der Waals surface area contributed by atoms with Gasteiger partial charge in [0.1, 0.15) is 0 Å². The molecule has 1 aromatic heterocycles. The summed E-state index contributed by atoms with van der Waals surface area (Å²) in [5, 5.41) is 3.54. The first kappa shape index (κ1) is 12.7. The summed E-state index contributed by atoms with van der Waals surface area (Å²) in [5.74, 6) is 6.10. The fourth-order valence-corrected chi connectivity index (χ4v) is 2.16. The van der Waals surface area contributed by atoms with Gasteiger partial charge in [-0.05, 0) is 36.4 Å². The van der Waals surface area contributed by atoms with Crippen LogP contribution in [-0.4, -0.2) is 9.66 Å². The first-order valence-electron chi connectivity index (χ1n) is 5.94. The Hall–Kier alpha value is -2.34. The van der Waals surface area contributed by atoms with E-state index < -0.39 is 0 Å². The van der Waals surface area contributed by atoms with E-state index in [1.165, 1.54) is 0 Å². The Balaban J connectivity index is 2.10. The number of anilines is 2. The van der Waals surface area contributed by atoms with Crippen molar-refractivity contribution >= 4 is 38.5 Å². The van der Waals surface area contributed by atoms with E-state index in [1.54, 1.807) is 18.2 Å². The molecule has 3 N–H and O–H groups in total. The Morgan fingerprint density at radius 2 is 1.80 bits per heavy atom. The number of nitrogens with zero attached hydrogens (tertiary/aromatic N) is 2. The van der Waals surface area contributed by atoms with E-state index in [0.29, 0.717) is 16.9 Å². The Morgan fingerprint density at radius 3 is 2.55 bits per heavy atom. The molecule has 1 heterocycles. The number of fused-ring (bicyclic) bond motifs is 1. The van der Waals surface area contributed by atoms with Gasteiger partial charge in [0.25, 0.3) is 5.56 Å². The zero-order valence-corrected chi connectivity index (χ0v) is 12.0. The van der Waals surface area contributed by atoms with Crippen LogP contribution in [0.1, 0.15) is 0 Å². The van der Waals surface area contributed by atoms with E-state index in [2.05, 4.69) is 26.2 Å². The molecule has 3 rings (SSSR count). The summed E-state index contributed by atoms with van der Waals surface area (Å²) < 4.78 is 1.99. The van der Waals surface area contributed by atoms with Crippen molar-refractivity contribution in [3.63, 3.8) is 0 Å². The minimum Gasteiger partial charge on any atom is -0.333 e. The Morgan fingerprint density at radius 1 is 1.10 bits per heavy atom. The molecule has 0 aliphatic carbocycles. The summed E-state index contributed by atoms with van der Waals surface area (Å²) in [4.78, 5) is 16.5. The number of benzene rings is 2. The molecule has 0 atom stereocenters. The highest BCUT2D eigenvalue weighted by Gasteiger charge is 2.08. The van der Waals surface area contributed by atoms with Crippen molar-refractivity contribution in [1.29, 1.82) is 0 Å². The number of nitrogens with one attached hydrogen (secondary N) is 1. The van der Waals surface area contributed by atoms with E-state index in [-0.39, 0.29) is 5.56 Å². The van der Waals surface area contributed by atoms with E-state index >= 15 is 0 Å². The second-order valence-electron chi connectivity index (χ2n) is 4.26. The molecule has 0 amide bonds. The molecule has 6 heteroatoms. The van der Waals surface area contributed by atoms with Gasteiger partial charge in [0.2, 0.25) is 5.95 Å². The maximum atomic E-state index is 12.1.